The van der Waals surface area contributed by atoms with Crippen LogP contribution >= 0.6 is 11.3 Å². The number of nitrogens with one attached hydrogen (secondary N) is 2. The molecule has 2 N–H and O–H groups in total. The van der Waals surface area contributed by atoms with Crippen LogP contribution in [0.3, 0.4) is 0 Å². The highest BCUT2D eigenvalue weighted by Crippen LogP contribution is 2.13. The van der Waals surface area contributed by atoms with Gasteiger partial charge in [0, 0.05) is 22.7 Å². The number of carbonyl (C=O) groups excluding carboxylic acids is 2. The van der Waals surface area contributed by atoms with E-state index in [0.29, 0.717) is 24.2 Å². The van der Waals surface area contributed by atoms with Crippen LogP contribution in [0.1, 0.15) is 22.2 Å². The highest BCUT2D eigenvalue weighted by molar-refractivity contribution is 7.10. The first kappa shape index (κ1) is 14.3. The second-order valence-electron chi connectivity index (χ2n) is 4.24. The van der Waals surface area contributed by atoms with Crippen molar-refractivity contribution in [2.75, 3.05) is 11.9 Å². The lowest BCUT2D eigenvalue weighted by molar-refractivity contribution is -0.115. The first-order valence-electron chi connectivity index (χ1n) is 6.39. The Morgan fingerprint density at radius 1 is 1.15 bits per heavy atom. The molecule has 1 aromatic heterocycles. The third kappa shape index (κ3) is 3.93. The molecule has 0 aliphatic carbocycles. The molecule has 0 radical (unpaired) electrons. The summed E-state index contributed by atoms with van der Waals surface area (Å²) in [6.07, 6.45) is 0.371. The van der Waals surface area contributed by atoms with Gasteiger partial charge in [-0.3, -0.25) is 9.59 Å². The van der Waals surface area contributed by atoms with Gasteiger partial charge < -0.3 is 10.6 Å². The maximum atomic E-state index is 11.8. The molecular formula is C15H16N2O2S. The normalized spacial score (nSPS) is 10.1. The monoisotopic (exact) mass is 288 g/mol. The number of rotatable bonds is 5. The zero-order chi connectivity index (χ0) is 14.4. The van der Waals surface area contributed by atoms with E-state index in [1.165, 1.54) is 0 Å². The summed E-state index contributed by atoms with van der Waals surface area (Å²) in [5.74, 6) is -0.165. The molecule has 0 bridgehead atoms. The number of anilines is 1. The number of carbonyl (C=O) groups is 2. The van der Waals surface area contributed by atoms with Crippen molar-refractivity contribution in [3.8, 4) is 0 Å². The first-order chi connectivity index (χ1) is 9.69. The predicted molar refractivity (Wildman–Crippen MR) is 81.1 cm³/mol. The zero-order valence-corrected chi connectivity index (χ0v) is 12.0. The van der Waals surface area contributed by atoms with Gasteiger partial charge in [0.05, 0.1) is 6.42 Å². The molecule has 2 amide bonds. The summed E-state index contributed by atoms with van der Waals surface area (Å²) in [5.41, 5.74) is 1.28. The first-order valence-corrected chi connectivity index (χ1v) is 7.27. The summed E-state index contributed by atoms with van der Waals surface area (Å²) in [5, 5.41) is 7.49. The highest BCUT2D eigenvalue weighted by atomic mass is 32.1. The fourth-order valence-corrected chi connectivity index (χ4v) is 2.45. The van der Waals surface area contributed by atoms with Crippen molar-refractivity contribution in [2.45, 2.75) is 13.3 Å². The number of benzene rings is 1. The third-order valence-corrected chi connectivity index (χ3v) is 3.56. The second kappa shape index (κ2) is 6.86. The van der Waals surface area contributed by atoms with E-state index in [9.17, 15) is 9.59 Å². The number of hydrogen-bond donors (Lipinski definition) is 2. The molecule has 0 atom stereocenters. The van der Waals surface area contributed by atoms with E-state index < -0.39 is 0 Å². The Morgan fingerprint density at radius 2 is 1.90 bits per heavy atom. The van der Waals surface area contributed by atoms with E-state index in [1.54, 1.807) is 35.6 Å². The number of thiophene rings is 1. The quantitative estimate of drug-likeness (QED) is 0.888. The lowest BCUT2D eigenvalue weighted by atomic mass is 10.2. The molecule has 20 heavy (non-hydrogen) atoms. The van der Waals surface area contributed by atoms with Crippen LogP contribution in [0.5, 0.6) is 0 Å². The topological polar surface area (TPSA) is 58.2 Å². The van der Waals surface area contributed by atoms with Crippen molar-refractivity contribution in [3.63, 3.8) is 0 Å². The summed E-state index contributed by atoms with van der Waals surface area (Å²) in [7, 11) is 0. The SMILES string of the molecule is CCNC(=O)c1ccc(NC(=O)Cc2cccs2)cc1. The number of hydrogen-bond acceptors (Lipinski definition) is 3. The molecule has 0 saturated heterocycles. The number of amides is 2. The second-order valence-corrected chi connectivity index (χ2v) is 5.27. The molecule has 5 heteroatoms. The molecule has 0 saturated carbocycles. The van der Waals surface area contributed by atoms with Crippen molar-refractivity contribution in [1.82, 2.24) is 5.32 Å². The van der Waals surface area contributed by atoms with Gasteiger partial charge >= 0.3 is 0 Å². The minimum atomic E-state index is -0.107. The summed E-state index contributed by atoms with van der Waals surface area (Å²) >= 11 is 1.56. The maximum Gasteiger partial charge on any atom is 0.251 e. The van der Waals surface area contributed by atoms with E-state index >= 15 is 0 Å². The van der Waals surface area contributed by atoms with Crippen molar-refractivity contribution >= 4 is 28.8 Å². The lowest BCUT2D eigenvalue weighted by Gasteiger charge is -2.06. The Morgan fingerprint density at radius 3 is 2.50 bits per heavy atom. The van der Waals surface area contributed by atoms with Crippen molar-refractivity contribution < 1.29 is 9.59 Å². The summed E-state index contributed by atoms with van der Waals surface area (Å²) in [6.45, 7) is 2.47. The molecule has 2 aromatic rings. The largest absolute Gasteiger partial charge is 0.352 e. The van der Waals surface area contributed by atoms with Crippen LogP contribution in [0, 0.1) is 0 Å². The van der Waals surface area contributed by atoms with Crippen LogP contribution in [0.2, 0.25) is 0 Å². The van der Waals surface area contributed by atoms with E-state index in [0.717, 1.165) is 4.88 Å². The Hall–Kier alpha value is -2.14. The van der Waals surface area contributed by atoms with Crippen LogP contribution in [-0.2, 0) is 11.2 Å². The predicted octanol–water partition coefficient (Wildman–Crippen LogP) is 2.68. The Bertz CT molecular complexity index is 576. The minimum absolute atomic E-state index is 0.0572. The minimum Gasteiger partial charge on any atom is -0.352 e. The third-order valence-electron chi connectivity index (χ3n) is 2.68. The molecule has 1 aromatic carbocycles. The van der Waals surface area contributed by atoms with Crippen LogP contribution in [0.4, 0.5) is 5.69 Å². The van der Waals surface area contributed by atoms with Gasteiger partial charge in [0.25, 0.3) is 5.91 Å². The van der Waals surface area contributed by atoms with E-state index in [1.807, 2.05) is 24.4 Å². The van der Waals surface area contributed by atoms with Crippen LogP contribution in [-0.4, -0.2) is 18.4 Å². The van der Waals surface area contributed by atoms with Gasteiger partial charge in [-0.15, -0.1) is 11.3 Å². The molecule has 0 aliphatic rings. The van der Waals surface area contributed by atoms with Crippen molar-refractivity contribution in [2.24, 2.45) is 0 Å². The zero-order valence-electron chi connectivity index (χ0n) is 11.2. The highest BCUT2D eigenvalue weighted by Gasteiger charge is 2.07. The van der Waals surface area contributed by atoms with Crippen molar-refractivity contribution in [3.05, 3.63) is 52.2 Å². The molecule has 4 nitrogen and oxygen atoms in total. The van der Waals surface area contributed by atoms with Gasteiger partial charge in [0.15, 0.2) is 0 Å². The Labute approximate surface area is 121 Å². The van der Waals surface area contributed by atoms with Gasteiger partial charge in [0.1, 0.15) is 0 Å². The smallest absolute Gasteiger partial charge is 0.251 e. The molecule has 104 valence electrons. The lowest BCUT2D eigenvalue weighted by Crippen LogP contribution is -2.22. The summed E-state index contributed by atoms with van der Waals surface area (Å²) in [4.78, 5) is 24.4. The Balaban J connectivity index is 1.93. The van der Waals surface area contributed by atoms with Crippen LogP contribution in [0.25, 0.3) is 0 Å². The van der Waals surface area contributed by atoms with Crippen LogP contribution < -0.4 is 10.6 Å². The average molecular weight is 288 g/mol. The average Bonchev–Trinajstić information content (AvgIpc) is 2.92. The summed E-state index contributed by atoms with van der Waals surface area (Å²) in [6, 6.07) is 10.7. The Kier molecular flexibility index (Phi) is 4.90. The summed E-state index contributed by atoms with van der Waals surface area (Å²) < 4.78 is 0. The maximum absolute atomic E-state index is 11.8. The van der Waals surface area contributed by atoms with E-state index in [2.05, 4.69) is 10.6 Å². The van der Waals surface area contributed by atoms with Gasteiger partial charge in [0.2, 0.25) is 5.91 Å². The van der Waals surface area contributed by atoms with E-state index in [-0.39, 0.29) is 11.8 Å². The van der Waals surface area contributed by atoms with Gasteiger partial charge in [-0.2, -0.15) is 0 Å². The van der Waals surface area contributed by atoms with Gasteiger partial charge in [-0.05, 0) is 42.6 Å². The molecule has 0 aliphatic heterocycles. The molecule has 0 unspecified atom stereocenters. The van der Waals surface area contributed by atoms with Gasteiger partial charge in [-0.1, -0.05) is 6.07 Å². The fourth-order valence-electron chi connectivity index (χ4n) is 1.74. The standard InChI is InChI=1S/C15H16N2O2S/c1-2-16-15(19)11-5-7-12(8-6-11)17-14(18)10-13-4-3-9-20-13/h3-9H,2,10H2,1H3,(H,16,19)(H,17,18). The molecule has 0 fully saturated rings. The van der Waals surface area contributed by atoms with Crippen LogP contribution in [0.15, 0.2) is 41.8 Å². The van der Waals surface area contributed by atoms with E-state index in [4.69, 9.17) is 0 Å². The molecule has 0 spiro atoms. The molecular weight excluding hydrogens is 272 g/mol. The van der Waals surface area contributed by atoms with Crippen molar-refractivity contribution in [1.29, 1.82) is 0 Å². The van der Waals surface area contributed by atoms with Gasteiger partial charge in [-0.25, -0.2) is 0 Å². The molecule has 2 rings (SSSR count). The fraction of sp³-hybridized carbons (Fsp3) is 0.200. The molecule has 1 heterocycles.